The number of benzene rings is 1. The van der Waals surface area contributed by atoms with Gasteiger partial charge in [0, 0.05) is 50.7 Å². The van der Waals surface area contributed by atoms with Crippen molar-refractivity contribution in [2.24, 2.45) is 5.92 Å². The van der Waals surface area contributed by atoms with Crippen LogP contribution in [-0.4, -0.2) is 49.6 Å². The van der Waals surface area contributed by atoms with Crippen LogP contribution >= 0.6 is 0 Å². The number of unbranched alkanes of at least 4 members (excludes halogenated alkanes) is 1. The molecule has 0 bridgehead atoms. The topological polar surface area (TPSA) is 83.2 Å². The molecule has 3 rings (SSSR count). The molecule has 1 saturated carbocycles. The summed E-state index contributed by atoms with van der Waals surface area (Å²) in [5.74, 6) is 0.672. The van der Waals surface area contributed by atoms with Crippen LogP contribution in [0.1, 0.15) is 62.5 Å². The van der Waals surface area contributed by atoms with Gasteiger partial charge in [0.15, 0.2) is 0 Å². The fraction of sp³-hybridized carbons (Fsp3) is 0.640. The average molecular weight is 476 g/mol. The lowest BCUT2D eigenvalue weighted by Gasteiger charge is -2.37. The van der Waals surface area contributed by atoms with E-state index in [-0.39, 0.29) is 17.5 Å². The maximum Gasteiger partial charge on any atom is 0.416 e. The monoisotopic (exact) mass is 475 g/mol. The van der Waals surface area contributed by atoms with E-state index in [9.17, 15) is 18.0 Å². The van der Waals surface area contributed by atoms with Crippen LogP contribution in [-0.2, 0) is 11.0 Å². The molecule has 184 valence electrons. The first kappa shape index (κ1) is 25.8. The molecule has 1 aliphatic heterocycles. The van der Waals surface area contributed by atoms with Crippen molar-refractivity contribution in [3.63, 3.8) is 0 Å². The van der Waals surface area contributed by atoms with Crippen molar-refractivity contribution in [2.45, 2.75) is 63.6 Å². The van der Waals surface area contributed by atoms with Gasteiger partial charge in [-0.2, -0.15) is 23.7 Å². The predicted octanol–water partition coefficient (Wildman–Crippen LogP) is 4.46. The molecule has 2 aliphatic rings. The Bertz CT molecular complexity index is 905. The smallest absolute Gasteiger partial charge is 0.369 e. The van der Waals surface area contributed by atoms with Gasteiger partial charge >= 0.3 is 6.18 Å². The highest BCUT2D eigenvalue weighted by Gasteiger charge is 2.32. The number of piperazine rings is 1. The molecule has 1 amide bonds. The zero-order valence-electron chi connectivity index (χ0n) is 19.4. The molecule has 1 saturated heterocycles. The van der Waals surface area contributed by atoms with Gasteiger partial charge in [-0.15, -0.1) is 0 Å². The van der Waals surface area contributed by atoms with Gasteiger partial charge in [0.2, 0.25) is 5.91 Å². The fourth-order valence-electron chi connectivity index (χ4n) is 4.84. The summed E-state index contributed by atoms with van der Waals surface area (Å²) in [6, 6.07) is 7.70. The van der Waals surface area contributed by atoms with E-state index in [2.05, 4.69) is 16.3 Å². The summed E-state index contributed by atoms with van der Waals surface area (Å²) in [5, 5.41) is 20.8. The third-order valence-corrected chi connectivity index (χ3v) is 6.87. The number of hydrogen-bond donors (Lipinski definition) is 1. The minimum absolute atomic E-state index is 0.0289. The number of halogens is 3. The molecular formula is C25H32F3N5O. The molecular weight excluding hydrogens is 443 g/mol. The van der Waals surface area contributed by atoms with Gasteiger partial charge in [0.1, 0.15) is 0 Å². The quantitative estimate of drug-likeness (QED) is 0.562. The van der Waals surface area contributed by atoms with E-state index in [0.717, 1.165) is 63.9 Å². The van der Waals surface area contributed by atoms with Crippen molar-refractivity contribution >= 4 is 11.6 Å². The van der Waals surface area contributed by atoms with Crippen LogP contribution in [0.4, 0.5) is 18.9 Å². The van der Waals surface area contributed by atoms with Crippen LogP contribution in [0.5, 0.6) is 0 Å². The Morgan fingerprint density at radius 3 is 2.38 bits per heavy atom. The van der Waals surface area contributed by atoms with Crippen LogP contribution in [0.2, 0.25) is 0 Å². The first-order valence-electron chi connectivity index (χ1n) is 12.0. The summed E-state index contributed by atoms with van der Waals surface area (Å²) < 4.78 is 39.5. The molecule has 1 aromatic carbocycles. The van der Waals surface area contributed by atoms with Gasteiger partial charge in [-0.1, -0.05) is 0 Å². The van der Waals surface area contributed by atoms with Crippen molar-refractivity contribution in [1.29, 1.82) is 10.5 Å². The molecule has 1 N–H and O–H groups in total. The van der Waals surface area contributed by atoms with Crippen molar-refractivity contribution in [1.82, 2.24) is 10.2 Å². The Balaban J connectivity index is 1.39. The zero-order chi connectivity index (χ0) is 24.6. The van der Waals surface area contributed by atoms with E-state index in [0.29, 0.717) is 44.0 Å². The number of carbonyl (C=O) groups excluding carboxylic acids is 1. The number of hydrogen-bond acceptors (Lipinski definition) is 5. The van der Waals surface area contributed by atoms with Gasteiger partial charge in [0.25, 0.3) is 0 Å². The van der Waals surface area contributed by atoms with Gasteiger partial charge in [0.05, 0.1) is 23.3 Å². The number of carbonyl (C=O) groups is 1. The third-order valence-electron chi connectivity index (χ3n) is 6.87. The molecule has 0 spiro atoms. The number of nitrogens with one attached hydrogen (secondary N) is 1. The summed E-state index contributed by atoms with van der Waals surface area (Å²) in [4.78, 5) is 16.2. The molecule has 9 heteroatoms. The minimum Gasteiger partial charge on any atom is -0.369 e. The molecule has 34 heavy (non-hydrogen) atoms. The average Bonchev–Trinajstić information content (AvgIpc) is 2.83. The van der Waals surface area contributed by atoms with Crippen LogP contribution in [0.3, 0.4) is 0 Å². The number of nitrogens with zero attached hydrogens (tertiary/aromatic N) is 4. The van der Waals surface area contributed by atoms with E-state index in [1.807, 2.05) is 11.0 Å². The highest BCUT2D eigenvalue weighted by Crippen LogP contribution is 2.33. The van der Waals surface area contributed by atoms with Crippen molar-refractivity contribution < 1.29 is 18.0 Å². The van der Waals surface area contributed by atoms with Crippen LogP contribution in [0, 0.1) is 28.6 Å². The first-order chi connectivity index (χ1) is 16.3. The lowest BCUT2D eigenvalue weighted by atomic mass is 9.84. The van der Waals surface area contributed by atoms with E-state index < -0.39 is 11.7 Å². The van der Waals surface area contributed by atoms with Gasteiger partial charge in [-0.05, 0) is 69.2 Å². The fourth-order valence-corrected chi connectivity index (χ4v) is 4.84. The predicted molar refractivity (Wildman–Crippen MR) is 123 cm³/mol. The molecule has 6 nitrogen and oxygen atoms in total. The Morgan fingerprint density at radius 1 is 1.06 bits per heavy atom. The molecule has 2 fully saturated rings. The van der Waals surface area contributed by atoms with Crippen molar-refractivity contribution in [3.8, 4) is 12.1 Å². The minimum atomic E-state index is -4.47. The van der Waals surface area contributed by atoms with Crippen molar-refractivity contribution in [3.05, 3.63) is 29.3 Å². The first-order valence-corrected chi connectivity index (χ1v) is 12.0. The second-order valence-corrected chi connectivity index (χ2v) is 9.29. The number of amides is 1. The number of anilines is 1. The second kappa shape index (κ2) is 12.1. The summed E-state index contributed by atoms with van der Waals surface area (Å²) in [6.07, 6.45) is 2.20. The Hall–Kier alpha value is -2.78. The molecule has 0 aromatic heterocycles. The lowest BCUT2D eigenvalue weighted by Crippen LogP contribution is -2.47. The van der Waals surface area contributed by atoms with Gasteiger partial charge < -0.3 is 10.2 Å². The summed E-state index contributed by atoms with van der Waals surface area (Å²) in [5.41, 5.74) is -0.293. The largest absolute Gasteiger partial charge is 0.416 e. The van der Waals surface area contributed by atoms with E-state index in [1.54, 1.807) is 0 Å². The third kappa shape index (κ3) is 7.63. The summed E-state index contributed by atoms with van der Waals surface area (Å²) in [7, 11) is 0. The molecule has 0 unspecified atom stereocenters. The highest BCUT2D eigenvalue weighted by atomic mass is 19.4. The normalized spacial score (nSPS) is 21.5. The highest BCUT2D eigenvalue weighted by molar-refractivity contribution is 5.76. The molecule has 0 radical (unpaired) electrons. The lowest BCUT2D eigenvalue weighted by molar-refractivity contribution is -0.137. The zero-order valence-corrected chi connectivity index (χ0v) is 19.4. The van der Waals surface area contributed by atoms with Crippen LogP contribution < -0.4 is 10.2 Å². The van der Waals surface area contributed by atoms with E-state index in [1.165, 1.54) is 6.07 Å². The maximum atomic E-state index is 13.2. The molecule has 0 atom stereocenters. The Morgan fingerprint density at radius 2 is 1.76 bits per heavy atom. The molecule has 1 aromatic rings. The second-order valence-electron chi connectivity index (χ2n) is 9.29. The van der Waals surface area contributed by atoms with E-state index >= 15 is 0 Å². The number of alkyl halides is 3. The SMILES string of the molecule is N#CCCCC(=O)N[C@H]1CC[C@H](CCN2CCN(c3cc(C#N)cc(C(F)(F)F)c3)CC2)CC1. The summed E-state index contributed by atoms with van der Waals surface area (Å²) in [6.45, 7) is 3.81. The van der Waals surface area contributed by atoms with Crippen LogP contribution in [0.25, 0.3) is 0 Å². The van der Waals surface area contributed by atoms with Gasteiger partial charge in [-0.3, -0.25) is 9.69 Å². The number of nitriles is 2. The summed E-state index contributed by atoms with van der Waals surface area (Å²) >= 11 is 0. The van der Waals surface area contributed by atoms with Crippen molar-refractivity contribution in [2.75, 3.05) is 37.6 Å². The van der Waals surface area contributed by atoms with Gasteiger partial charge in [-0.25, -0.2) is 0 Å². The molecule has 1 aliphatic carbocycles. The molecule has 1 heterocycles. The van der Waals surface area contributed by atoms with E-state index in [4.69, 9.17) is 10.5 Å². The maximum absolute atomic E-state index is 13.2. The number of rotatable bonds is 8. The standard InChI is InChI=1S/C25H32F3N5O/c26-25(27,28)21-15-20(18-30)16-23(17-21)33-13-11-32(12-14-33)10-8-19-4-6-22(7-5-19)31-24(34)3-1-2-9-29/h15-17,19,22H,1-8,10-14H2,(H,31,34)/t19-,22-. The Kier molecular flexibility index (Phi) is 9.18. The Labute approximate surface area is 199 Å². The van der Waals surface area contributed by atoms with Crippen LogP contribution in [0.15, 0.2) is 18.2 Å².